The van der Waals surface area contributed by atoms with Gasteiger partial charge in [-0.05, 0) is 55.2 Å². The lowest BCUT2D eigenvalue weighted by Crippen LogP contribution is -2.20. The molecule has 1 saturated carbocycles. The van der Waals surface area contributed by atoms with E-state index >= 15 is 4.39 Å². The zero-order valence-corrected chi connectivity index (χ0v) is 18.9. The van der Waals surface area contributed by atoms with Gasteiger partial charge >= 0.3 is 0 Å². The zero-order valence-electron chi connectivity index (χ0n) is 18.1. The normalized spacial score (nSPS) is 19.6. The number of ether oxygens (including phenoxy) is 1. The first-order chi connectivity index (χ1) is 14.6. The Hall–Kier alpha value is -1.68. The molecular weight excluding hydrogens is 398 g/mol. The highest BCUT2D eigenvalue weighted by Crippen LogP contribution is 2.41. The second kappa shape index (κ2) is 9.64. The van der Waals surface area contributed by atoms with Crippen molar-refractivity contribution in [3.05, 3.63) is 41.5 Å². The van der Waals surface area contributed by atoms with Crippen molar-refractivity contribution in [1.29, 1.82) is 0 Å². The van der Waals surface area contributed by atoms with Gasteiger partial charge in [-0.15, -0.1) is 11.3 Å². The fraction of sp³-hybridized carbons (Fsp3) is 0.538. The minimum absolute atomic E-state index is 0.187. The Bertz CT molecular complexity index is 1000. The maximum Gasteiger partial charge on any atom is 0.182 e. The molecule has 0 saturated heterocycles. The average molecular weight is 431 g/mol. The number of hydrogen-bond acceptors (Lipinski definition) is 2. The molecule has 4 rings (SSSR count). The van der Waals surface area contributed by atoms with Gasteiger partial charge in [0.25, 0.3) is 0 Å². The molecule has 162 valence electrons. The summed E-state index contributed by atoms with van der Waals surface area (Å²) >= 11 is 1.21. The Kier molecular flexibility index (Phi) is 6.92. The zero-order chi connectivity index (χ0) is 21.1. The van der Waals surface area contributed by atoms with Crippen molar-refractivity contribution in [3.63, 3.8) is 0 Å². The lowest BCUT2D eigenvalue weighted by atomic mass is 9.80. The molecule has 1 aliphatic carbocycles. The molecule has 0 radical (unpaired) electrons. The highest BCUT2D eigenvalue weighted by Gasteiger charge is 2.22. The quantitative estimate of drug-likeness (QED) is 0.347. The molecule has 1 fully saturated rings. The summed E-state index contributed by atoms with van der Waals surface area (Å²) in [5.41, 5.74) is 0.728. The van der Waals surface area contributed by atoms with Gasteiger partial charge in [-0.1, -0.05) is 58.1 Å². The SMILES string of the molecule is CCCCc1ccc2c(sc3c(F)c(OC[C@H]4CC[C@H](CCC)CC4)ccc32)c1F. The molecule has 2 aromatic carbocycles. The van der Waals surface area contributed by atoms with Crippen molar-refractivity contribution >= 4 is 31.5 Å². The molecule has 30 heavy (non-hydrogen) atoms. The summed E-state index contributed by atoms with van der Waals surface area (Å²) in [5.74, 6) is 1.14. The van der Waals surface area contributed by atoms with Gasteiger partial charge in [-0.3, -0.25) is 0 Å². The van der Waals surface area contributed by atoms with E-state index in [1.54, 1.807) is 6.07 Å². The van der Waals surface area contributed by atoms with Crippen LogP contribution < -0.4 is 4.74 Å². The summed E-state index contributed by atoms with van der Waals surface area (Å²) in [6.07, 6.45) is 10.2. The summed E-state index contributed by atoms with van der Waals surface area (Å²) in [5, 5.41) is 1.58. The van der Waals surface area contributed by atoms with Gasteiger partial charge in [0.05, 0.1) is 16.0 Å². The van der Waals surface area contributed by atoms with Crippen LogP contribution in [0.2, 0.25) is 0 Å². The van der Waals surface area contributed by atoms with Crippen molar-refractivity contribution in [2.45, 2.75) is 71.6 Å². The number of halogens is 2. The van der Waals surface area contributed by atoms with E-state index in [9.17, 15) is 4.39 Å². The molecule has 1 aromatic heterocycles. The maximum atomic E-state index is 15.2. The van der Waals surface area contributed by atoms with Crippen LogP contribution in [0.1, 0.15) is 70.8 Å². The van der Waals surface area contributed by atoms with Gasteiger partial charge in [0.15, 0.2) is 11.6 Å². The molecular formula is C26H32F2OS. The number of aryl methyl sites for hydroxylation is 1. The predicted octanol–water partition coefficient (Wildman–Crippen LogP) is 8.66. The minimum Gasteiger partial charge on any atom is -0.490 e. The van der Waals surface area contributed by atoms with E-state index in [2.05, 4.69) is 13.8 Å². The third-order valence-electron chi connectivity index (χ3n) is 6.67. The lowest BCUT2D eigenvalue weighted by Gasteiger charge is -2.28. The fourth-order valence-corrected chi connectivity index (χ4v) is 6.03. The maximum absolute atomic E-state index is 15.2. The summed E-state index contributed by atoms with van der Waals surface area (Å²) < 4.78 is 37.2. The fourth-order valence-electron chi connectivity index (χ4n) is 4.84. The molecule has 3 aromatic rings. The Balaban J connectivity index is 1.52. The predicted molar refractivity (Wildman–Crippen MR) is 124 cm³/mol. The molecule has 1 nitrogen and oxygen atoms in total. The standard InChI is InChI=1S/C26H32F2OS/c1-3-5-7-19-12-13-20-21-14-15-22(24(28)26(21)30-25(20)23(19)27)29-16-18-10-8-17(6-4-2)9-11-18/h12-15,17-18H,3-11,16H2,1-2H3/t17-,18-. The van der Waals surface area contributed by atoms with Crippen LogP contribution in [0, 0.1) is 23.5 Å². The van der Waals surface area contributed by atoms with E-state index in [4.69, 9.17) is 4.74 Å². The molecule has 1 aliphatic rings. The first-order valence-corrected chi connectivity index (χ1v) is 12.4. The van der Waals surface area contributed by atoms with Crippen LogP contribution in [0.3, 0.4) is 0 Å². The minimum atomic E-state index is -0.345. The molecule has 0 spiro atoms. The number of hydrogen-bond donors (Lipinski definition) is 0. The first kappa shape index (κ1) is 21.5. The average Bonchev–Trinajstić information content (AvgIpc) is 3.14. The summed E-state index contributed by atoms with van der Waals surface area (Å²) in [7, 11) is 0. The van der Waals surface area contributed by atoms with Crippen LogP contribution in [0.4, 0.5) is 8.78 Å². The van der Waals surface area contributed by atoms with Crippen LogP contribution in [0.15, 0.2) is 24.3 Å². The molecule has 1 heterocycles. The lowest BCUT2D eigenvalue weighted by molar-refractivity contribution is 0.175. The van der Waals surface area contributed by atoms with E-state index < -0.39 is 0 Å². The van der Waals surface area contributed by atoms with Gasteiger partial charge < -0.3 is 4.74 Å². The number of fused-ring (bicyclic) bond motifs is 3. The van der Waals surface area contributed by atoms with E-state index in [1.807, 2.05) is 18.2 Å². The molecule has 0 bridgehead atoms. The van der Waals surface area contributed by atoms with Crippen molar-refractivity contribution in [3.8, 4) is 5.75 Å². The van der Waals surface area contributed by atoms with Gasteiger partial charge in [0, 0.05) is 10.8 Å². The highest BCUT2D eigenvalue weighted by atomic mass is 32.1. The summed E-state index contributed by atoms with van der Waals surface area (Å²) in [6, 6.07) is 7.40. The Morgan fingerprint density at radius 1 is 0.867 bits per heavy atom. The largest absolute Gasteiger partial charge is 0.490 e. The van der Waals surface area contributed by atoms with E-state index in [-0.39, 0.29) is 11.6 Å². The Morgan fingerprint density at radius 3 is 2.23 bits per heavy atom. The van der Waals surface area contributed by atoms with Crippen molar-refractivity contribution in [2.24, 2.45) is 11.8 Å². The van der Waals surface area contributed by atoms with Gasteiger partial charge in [0.1, 0.15) is 5.82 Å². The van der Waals surface area contributed by atoms with E-state index in [1.165, 1.54) is 49.9 Å². The molecule has 0 aliphatic heterocycles. The van der Waals surface area contributed by atoms with Gasteiger partial charge in [-0.25, -0.2) is 8.78 Å². The third kappa shape index (κ3) is 4.34. The molecule has 0 N–H and O–H groups in total. The van der Waals surface area contributed by atoms with Crippen molar-refractivity contribution in [2.75, 3.05) is 6.61 Å². The molecule has 0 amide bonds. The second-order valence-electron chi connectivity index (χ2n) is 8.86. The van der Waals surface area contributed by atoms with Gasteiger partial charge in [0.2, 0.25) is 0 Å². The van der Waals surface area contributed by atoms with E-state index in [0.717, 1.165) is 41.5 Å². The van der Waals surface area contributed by atoms with Crippen molar-refractivity contribution in [1.82, 2.24) is 0 Å². The number of benzene rings is 2. The number of rotatable bonds is 8. The number of thiophene rings is 1. The summed E-state index contributed by atoms with van der Waals surface area (Å²) in [4.78, 5) is 0. The number of unbranched alkanes of at least 4 members (excludes halogenated alkanes) is 1. The van der Waals surface area contributed by atoms with E-state index in [0.29, 0.717) is 27.7 Å². The third-order valence-corrected chi connectivity index (χ3v) is 7.88. The smallest absolute Gasteiger partial charge is 0.182 e. The topological polar surface area (TPSA) is 9.23 Å². The van der Waals surface area contributed by atoms with Crippen LogP contribution in [-0.4, -0.2) is 6.61 Å². The van der Waals surface area contributed by atoms with Gasteiger partial charge in [-0.2, -0.15) is 0 Å². The molecule has 0 atom stereocenters. The van der Waals surface area contributed by atoms with Crippen LogP contribution >= 0.6 is 11.3 Å². The first-order valence-electron chi connectivity index (χ1n) is 11.6. The van der Waals surface area contributed by atoms with Crippen LogP contribution in [0.25, 0.3) is 20.2 Å². The molecule has 4 heteroatoms. The molecule has 0 unspecified atom stereocenters. The Morgan fingerprint density at radius 2 is 1.53 bits per heavy atom. The second-order valence-corrected chi connectivity index (χ2v) is 9.88. The van der Waals surface area contributed by atoms with Crippen LogP contribution in [-0.2, 0) is 6.42 Å². The summed E-state index contributed by atoms with van der Waals surface area (Å²) in [6.45, 7) is 4.92. The Labute approximate surface area is 182 Å². The monoisotopic (exact) mass is 430 g/mol. The van der Waals surface area contributed by atoms with Crippen LogP contribution in [0.5, 0.6) is 5.75 Å². The van der Waals surface area contributed by atoms with Crippen molar-refractivity contribution < 1.29 is 13.5 Å². The highest BCUT2D eigenvalue weighted by molar-refractivity contribution is 7.25.